The molecule has 576 valence electrons. The standard InChI is InChI=1S/C72H93N15O18S2/c1-37(2)60(86-68(101)54(30-44-33-75-49-20-12-10-18-47(44)49)83-67(100)55(31-58(91)92)80-62(95)38(3)77-69(102)56(35-106)78-40(5)89)71(104)85-57(36-107)70(103)81-52(28-42-22-24-45(90)25-23-42)65(98)82-53(29-43-32-74-48-19-11-9-17-46(43)48)66(99)79-50(21-13-14-26-73)64(97)87-61(39(4)88)72(105)84-51(63(96)76-34-59(93)94)27-41-15-7-6-8-16-41/h6-12,15-20,22-25,32-33,37-39,50-57,60-61,74-75,88,90,106-107H,13-14,21,26-31,34-36,73H2,1-5H3,(H,76,96)(H,77,102)(H,78,89)(H,79,99)(H,80,95)(H,81,103)(H,82,98)(H,83,100)(H,84,105)(H,85,104)(H,86,101)(H,87,97)(H,91,92)(H,93,94)/t38-,39+,50-,51-,52-,53-,54-,55-,56-,57-,60-,61-/m0/s1. The highest BCUT2D eigenvalue weighted by atomic mass is 32.1. The summed E-state index contributed by atoms with van der Waals surface area (Å²) in [4.78, 5) is 198. The van der Waals surface area contributed by atoms with E-state index in [9.17, 15) is 78.0 Å². The lowest BCUT2D eigenvalue weighted by atomic mass is 9.99. The highest BCUT2D eigenvalue weighted by molar-refractivity contribution is 7.80. The molecule has 35 heteroatoms. The predicted molar refractivity (Wildman–Crippen MR) is 399 cm³/mol. The van der Waals surface area contributed by atoms with Crippen molar-refractivity contribution in [3.63, 3.8) is 0 Å². The molecule has 6 aromatic rings. The van der Waals surface area contributed by atoms with Gasteiger partial charge in [-0.3, -0.25) is 67.1 Å². The number of aliphatic carboxylic acids is 2. The number of aromatic amines is 2. The number of phenols is 1. The fourth-order valence-electron chi connectivity index (χ4n) is 11.4. The normalized spacial score (nSPS) is 14.6. The van der Waals surface area contributed by atoms with E-state index < -0.39 is 180 Å². The molecule has 0 saturated carbocycles. The molecule has 0 fully saturated rings. The fourth-order valence-corrected chi connectivity index (χ4v) is 11.9. The molecule has 0 saturated heterocycles. The second-order valence-corrected chi connectivity index (χ2v) is 26.6. The molecule has 2 aromatic heterocycles. The Hall–Kier alpha value is -11.0. The Morgan fingerprint density at radius 3 is 1.35 bits per heavy atom. The molecule has 107 heavy (non-hydrogen) atoms. The van der Waals surface area contributed by atoms with Crippen LogP contribution in [0.5, 0.6) is 5.75 Å². The molecule has 33 nitrogen and oxygen atoms in total. The molecule has 0 bridgehead atoms. The van der Waals surface area contributed by atoms with Crippen molar-refractivity contribution >= 4 is 130 Å². The van der Waals surface area contributed by atoms with Gasteiger partial charge in [-0.2, -0.15) is 25.3 Å². The third-order valence-corrected chi connectivity index (χ3v) is 17.9. The first-order chi connectivity index (χ1) is 50.9. The van der Waals surface area contributed by atoms with E-state index in [0.717, 1.165) is 6.92 Å². The summed E-state index contributed by atoms with van der Waals surface area (Å²) in [7, 11) is 0. The molecule has 12 amide bonds. The van der Waals surface area contributed by atoms with Gasteiger partial charge in [0.2, 0.25) is 70.9 Å². The van der Waals surface area contributed by atoms with Crippen LogP contribution in [-0.4, -0.2) is 210 Å². The quantitative estimate of drug-likeness (QED) is 0.0156. The fraction of sp³-hybridized carbons (Fsp3) is 0.417. The summed E-state index contributed by atoms with van der Waals surface area (Å²) in [6.45, 7) is 6.10. The van der Waals surface area contributed by atoms with Gasteiger partial charge in [-0.05, 0) is 92.1 Å². The molecular formula is C72H93N15O18S2. The monoisotopic (exact) mass is 1520 g/mol. The zero-order chi connectivity index (χ0) is 78.6. The minimum atomic E-state index is -1.86. The van der Waals surface area contributed by atoms with Gasteiger partial charge in [0.25, 0.3) is 0 Å². The van der Waals surface area contributed by atoms with Crippen LogP contribution in [-0.2, 0) is 92.8 Å². The van der Waals surface area contributed by atoms with Gasteiger partial charge >= 0.3 is 11.9 Å². The highest BCUT2D eigenvalue weighted by Crippen LogP contribution is 2.22. The molecule has 0 aliphatic rings. The number of nitrogens with two attached hydrogens (primary N) is 1. The Balaban J connectivity index is 1.26. The highest BCUT2D eigenvalue weighted by Gasteiger charge is 2.38. The minimum absolute atomic E-state index is 0.104. The van der Waals surface area contributed by atoms with Crippen molar-refractivity contribution in [2.75, 3.05) is 24.6 Å². The number of unbranched alkanes of at least 4 members (excludes halogenated alkanes) is 1. The number of thiol groups is 2. The van der Waals surface area contributed by atoms with Crippen molar-refractivity contribution < 1.29 is 87.5 Å². The summed E-state index contributed by atoms with van der Waals surface area (Å²) >= 11 is 8.47. The molecule has 4 aromatic carbocycles. The molecule has 20 N–H and O–H groups in total. The molecule has 0 spiro atoms. The summed E-state index contributed by atoms with van der Waals surface area (Å²) in [5.41, 5.74) is 9.08. The van der Waals surface area contributed by atoms with Gasteiger partial charge in [-0.1, -0.05) is 92.7 Å². The summed E-state index contributed by atoms with van der Waals surface area (Å²) in [5, 5.41) is 71.8. The Morgan fingerprint density at radius 1 is 0.430 bits per heavy atom. The van der Waals surface area contributed by atoms with Crippen LogP contribution in [0.3, 0.4) is 0 Å². The molecule has 2 heterocycles. The van der Waals surface area contributed by atoms with Crippen LogP contribution in [0.1, 0.15) is 82.6 Å². The number of hydrogen-bond acceptors (Lipinski definition) is 19. The van der Waals surface area contributed by atoms with Crippen LogP contribution in [0.4, 0.5) is 0 Å². The van der Waals surface area contributed by atoms with Crippen molar-refractivity contribution in [3.8, 4) is 5.75 Å². The summed E-state index contributed by atoms with van der Waals surface area (Å²) < 4.78 is 0. The van der Waals surface area contributed by atoms with E-state index >= 15 is 9.59 Å². The number of carbonyl (C=O) groups is 14. The van der Waals surface area contributed by atoms with Crippen molar-refractivity contribution in [3.05, 3.63) is 138 Å². The molecular weight excluding hydrogens is 1430 g/mol. The third-order valence-electron chi connectivity index (χ3n) is 17.1. The lowest BCUT2D eigenvalue weighted by Crippen LogP contribution is -2.62. The zero-order valence-corrected chi connectivity index (χ0v) is 61.2. The van der Waals surface area contributed by atoms with Gasteiger partial charge in [0.15, 0.2) is 0 Å². The van der Waals surface area contributed by atoms with Gasteiger partial charge in [0.05, 0.1) is 12.5 Å². The number of carbonyl (C=O) groups excluding carboxylic acids is 12. The number of para-hydroxylation sites is 2. The van der Waals surface area contributed by atoms with Gasteiger partial charge in [0, 0.05) is 78.3 Å². The second kappa shape index (κ2) is 41.6. The summed E-state index contributed by atoms with van der Waals surface area (Å²) in [6, 6.07) is 11.0. The molecule has 0 unspecified atom stereocenters. The number of amides is 12. The zero-order valence-electron chi connectivity index (χ0n) is 59.4. The number of aliphatic hydroxyl groups is 1. The van der Waals surface area contributed by atoms with Crippen molar-refractivity contribution in [2.24, 2.45) is 11.7 Å². The van der Waals surface area contributed by atoms with Crippen molar-refractivity contribution in [1.82, 2.24) is 73.8 Å². The SMILES string of the molecule is CC(=O)N[C@@H](CS)C(=O)N[C@@H](C)C(=O)N[C@@H](CC(=O)O)C(=O)N[C@@H](Cc1c[nH]c2ccccc12)C(=O)N[C@H](C(=O)N[C@@H](CS)C(=O)N[C@@H](Cc1ccc(O)cc1)C(=O)N[C@@H](Cc1c[nH]c2ccccc12)C(=O)N[C@@H](CCCCN)C(=O)N[C@H](C(=O)N[C@@H](Cc1ccccc1)C(=O)NCC(=O)O)[C@@H](C)O)C(C)C. The number of carboxylic acid groups (broad SMARTS) is 2. The number of rotatable bonds is 42. The number of nitrogens with one attached hydrogen (secondary N) is 14. The molecule has 0 aliphatic carbocycles. The number of carboxylic acids is 2. The largest absolute Gasteiger partial charge is 0.508 e. The first-order valence-corrected chi connectivity index (χ1v) is 35.7. The number of fused-ring (bicyclic) bond motifs is 2. The van der Waals surface area contributed by atoms with E-state index in [2.05, 4.69) is 99.0 Å². The van der Waals surface area contributed by atoms with E-state index in [0.29, 0.717) is 50.5 Å². The maximum atomic E-state index is 15.1. The lowest BCUT2D eigenvalue weighted by molar-refractivity contribution is -0.141. The van der Waals surface area contributed by atoms with Gasteiger partial charge in [-0.25, -0.2) is 0 Å². The smallest absolute Gasteiger partial charge is 0.322 e. The number of aromatic nitrogens is 2. The number of benzene rings is 4. The predicted octanol–water partition coefficient (Wildman–Crippen LogP) is -1.30. The van der Waals surface area contributed by atoms with Gasteiger partial charge in [0.1, 0.15) is 78.8 Å². The van der Waals surface area contributed by atoms with E-state index in [-0.39, 0.29) is 56.6 Å². The van der Waals surface area contributed by atoms with Crippen LogP contribution < -0.4 is 69.5 Å². The van der Waals surface area contributed by atoms with Crippen LogP contribution in [0.15, 0.2) is 116 Å². The third kappa shape index (κ3) is 26.2. The average molecular weight is 1520 g/mol. The maximum absolute atomic E-state index is 15.1. The van der Waals surface area contributed by atoms with Crippen LogP contribution >= 0.6 is 25.3 Å². The van der Waals surface area contributed by atoms with E-state index in [4.69, 9.17) is 5.73 Å². The number of phenolic OH excluding ortho intramolecular Hbond substituents is 1. The first-order valence-electron chi connectivity index (χ1n) is 34.4. The van der Waals surface area contributed by atoms with E-state index in [1.54, 1.807) is 105 Å². The molecule has 0 aliphatic heterocycles. The van der Waals surface area contributed by atoms with Gasteiger partial charge < -0.3 is 99.9 Å². The Bertz CT molecular complexity index is 4120. The van der Waals surface area contributed by atoms with E-state index in [1.165, 1.54) is 38.1 Å². The second-order valence-electron chi connectivity index (χ2n) is 25.9. The van der Waals surface area contributed by atoms with Crippen molar-refractivity contribution in [1.29, 1.82) is 0 Å². The Labute approximate surface area is 626 Å². The summed E-state index contributed by atoms with van der Waals surface area (Å²) in [5.74, 6) is -15.8. The van der Waals surface area contributed by atoms with Crippen molar-refractivity contribution in [2.45, 2.75) is 159 Å². The topological polar surface area (TPSA) is 522 Å². The Morgan fingerprint density at radius 2 is 0.841 bits per heavy atom. The number of H-pyrrole nitrogens is 2. The summed E-state index contributed by atoms with van der Waals surface area (Å²) in [6.07, 6.45) is 0.0407. The average Bonchev–Trinajstić information content (AvgIpc) is 1.71. The first kappa shape index (κ1) is 84.9. The van der Waals surface area contributed by atoms with Crippen LogP contribution in [0.2, 0.25) is 0 Å². The minimum Gasteiger partial charge on any atom is -0.508 e. The van der Waals surface area contributed by atoms with Crippen LogP contribution in [0, 0.1) is 5.92 Å². The van der Waals surface area contributed by atoms with E-state index in [1.807, 2.05) is 0 Å². The number of aliphatic hydroxyl groups excluding tert-OH is 1. The maximum Gasteiger partial charge on any atom is 0.322 e. The lowest BCUT2D eigenvalue weighted by Gasteiger charge is -2.29. The number of hydrogen-bond donors (Lipinski definition) is 21. The molecule has 12 atom stereocenters. The van der Waals surface area contributed by atoms with Crippen LogP contribution in [0.25, 0.3) is 21.8 Å². The number of aromatic hydroxyl groups is 1. The van der Waals surface area contributed by atoms with Gasteiger partial charge in [-0.15, -0.1) is 0 Å². The molecule has 6 rings (SSSR count). The Kier molecular flexibility index (Phi) is 33.0. The molecule has 0 radical (unpaired) electrons.